The second kappa shape index (κ2) is 4.73. The number of hydrogen-bond acceptors (Lipinski definition) is 3. The molecule has 0 radical (unpaired) electrons. The summed E-state index contributed by atoms with van der Waals surface area (Å²) in [5.74, 6) is -0.0683. The largest absolute Gasteiger partial charge is 0.444 e. The van der Waals surface area contributed by atoms with Crippen LogP contribution in [0.15, 0.2) is 0 Å². The topological polar surface area (TPSA) is 53.3 Å². The molecule has 0 bridgehead atoms. The summed E-state index contributed by atoms with van der Waals surface area (Å²) in [6, 6.07) is 2.20. The molecule has 0 unspecified atom stereocenters. The molecule has 0 spiro atoms. The van der Waals surface area contributed by atoms with E-state index >= 15 is 0 Å². The summed E-state index contributed by atoms with van der Waals surface area (Å²) < 4.78 is 5.32. The Hall–Kier alpha value is -1.24. The summed E-state index contributed by atoms with van der Waals surface area (Å²) in [6.45, 7) is 8.15. The average Bonchev–Trinajstić information content (AvgIpc) is 2.15. The summed E-state index contributed by atoms with van der Waals surface area (Å²) in [5, 5.41) is 8.96. The molecule has 0 saturated carbocycles. The van der Waals surface area contributed by atoms with E-state index in [0.717, 1.165) is 12.8 Å². The van der Waals surface area contributed by atoms with Gasteiger partial charge in [-0.05, 0) is 40.5 Å². The van der Waals surface area contributed by atoms with Crippen LogP contribution in [0.1, 0.15) is 40.5 Å². The predicted octanol–water partition coefficient (Wildman–Crippen LogP) is 2.55. The number of nitrogens with zero attached hydrogens (tertiary/aromatic N) is 2. The monoisotopic (exact) mass is 224 g/mol. The van der Waals surface area contributed by atoms with Crippen molar-refractivity contribution in [2.45, 2.75) is 52.2 Å². The van der Waals surface area contributed by atoms with E-state index < -0.39 is 5.60 Å². The number of piperidine rings is 1. The maximum absolute atomic E-state index is 11.9. The van der Waals surface area contributed by atoms with Crippen LogP contribution >= 0.6 is 0 Å². The molecular formula is C12H20N2O2. The van der Waals surface area contributed by atoms with Crippen molar-refractivity contribution >= 4 is 6.09 Å². The molecule has 16 heavy (non-hydrogen) atoms. The number of carbonyl (C=O) groups is 1. The normalized spacial score (nSPS) is 26.1. The summed E-state index contributed by atoms with van der Waals surface area (Å²) in [4.78, 5) is 13.5. The van der Waals surface area contributed by atoms with Gasteiger partial charge < -0.3 is 9.64 Å². The number of nitriles is 1. The van der Waals surface area contributed by atoms with Gasteiger partial charge in [-0.25, -0.2) is 4.79 Å². The summed E-state index contributed by atoms with van der Waals surface area (Å²) in [7, 11) is 0. The van der Waals surface area contributed by atoms with Crippen LogP contribution in [0, 0.1) is 17.2 Å². The lowest BCUT2D eigenvalue weighted by atomic mass is 9.92. The van der Waals surface area contributed by atoms with Crippen LogP contribution in [0.2, 0.25) is 0 Å². The van der Waals surface area contributed by atoms with Crippen LogP contribution in [-0.2, 0) is 4.74 Å². The smallest absolute Gasteiger partial charge is 0.410 e. The van der Waals surface area contributed by atoms with Crippen LogP contribution in [0.5, 0.6) is 0 Å². The van der Waals surface area contributed by atoms with Crippen molar-refractivity contribution in [3.63, 3.8) is 0 Å². The first-order valence-corrected chi connectivity index (χ1v) is 5.74. The first-order valence-electron chi connectivity index (χ1n) is 5.74. The van der Waals surface area contributed by atoms with Crippen molar-refractivity contribution in [1.82, 2.24) is 4.90 Å². The van der Waals surface area contributed by atoms with Crippen LogP contribution < -0.4 is 0 Å². The maximum atomic E-state index is 11.9. The van der Waals surface area contributed by atoms with Crippen LogP contribution in [0.3, 0.4) is 0 Å². The second-order valence-electron chi connectivity index (χ2n) is 5.29. The molecule has 1 rings (SSSR count). The Labute approximate surface area is 97.2 Å². The molecule has 1 heterocycles. The molecule has 1 saturated heterocycles. The van der Waals surface area contributed by atoms with Gasteiger partial charge in [-0.2, -0.15) is 5.26 Å². The van der Waals surface area contributed by atoms with E-state index in [-0.39, 0.29) is 18.1 Å². The van der Waals surface area contributed by atoms with E-state index in [4.69, 9.17) is 10.00 Å². The third-order valence-corrected chi connectivity index (χ3v) is 2.78. The molecule has 0 aromatic heterocycles. The Morgan fingerprint density at radius 3 is 2.62 bits per heavy atom. The van der Waals surface area contributed by atoms with Crippen molar-refractivity contribution in [1.29, 1.82) is 5.26 Å². The molecule has 0 N–H and O–H groups in total. The number of ether oxygens (including phenoxy) is 1. The second-order valence-corrected chi connectivity index (χ2v) is 5.29. The summed E-state index contributed by atoms with van der Waals surface area (Å²) in [6.07, 6.45) is 1.44. The zero-order valence-corrected chi connectivity index (χ0v) is 10.5. The van der Waals surface area contributed by atoms with Gasteiger partial charge in [-0.15, -0.1) is 0 Å². The van der Waals surface area contributed by atoms with Crippen molar-refractivity contribution in [2.24, 2.45) is 5.92 Å². The molecule has 4 heteroatoms. The number of hydrogen-bond donors (Lipinski definition) is 0. The van der Waals surface area contributed by atoms with Crippen molar-refractivity contribution in [3.05, 3.63) is 0 Å². The first-order chi connectivity index (χ1) is 7.35. The van der Waals surface area contributed by atoms with Gasteiger partial charge in [0.1, 0.15) is 5.60 Å². The molecule has 1 aliphatic rings. The SMILES string of the molecule is C[C@@H]1[C@H](C#N)CCCN1C(=O)OC(C)(C)C. The van der Waals surface area contributed by atoms with Gasteiger partial charge in [0, 0.05) is 12.6 Å². The lowest BCUT2D eigenvalue weighted by molar-refractivity contribution is 0.00736. The molecule has 0 aromatic carbocycles. The molecule has 1 aliphatic heterocycles. The van der Waals surface area contributed by atoms with E-state index in [1.807, 2.05) is 27.7 Å². The molecular weight excluding hydrogens is 204 g/mol. The number of rotatable bonds is 0. The number of carbonyl (C=O) groups excluding carboxylic acids is 1. The van der Waals surface area contributed by atoms with Gasteiger partial charge in [-0.1, -0.05) is 0 Å². The van der Waals surface area contributed by atoms with Gasteiger partial charge in [-0.3, -0.25) is 0 Å². The Bertz CT molecular complexity index is 301. The minimum Gasteiger partial charge on any atom is -0.444 e. The van der Waals surface area contributed by atoms with Crippen molar-refractivity contribution in [3.8, 4) is 6.07 Å². The maximum Gasteiger partial charge on any atom is 0.410 e. The van der Waals surface area contributed by atoms with E-state index in [1.165, 1.54) is 0 Å². The highest BCUT2D eigenvalue weighted by molar-refractivity contribution is 5.68. The van der Waals surface area contributed by atoms with E-state index in [2.05, 4.69) is 6.07 Å². The fraction of sp³-hybridized carbons (Fsp3) is 0.833. The van der Waals surface area contributed by atoms with Crippen molar-refractivity contribution < 1.29 is 9.53 Å². The highest BCUT2D eigenvalue weighted by atomic mass is 16.6. The lowest BCUT2D eigenvalue weighted by Crippen LogP contribution is -2.48. The highest BCUT2D eigenvalue weighted by Crippen LogP contribution is 2.24. The lowest BCUT2D eigenvalue weighted by Gasteiger charge is -2.37. The molecule has 2 atom stereocenters. The van der Waals surface area contributed by atoms with E-state index in [0.29, 0.717) is 6.54 Å². The quantitative estimate of drug-likeness (QED) is 0.635. The van der Waals surface area contributed by atoms with E-state index in [1.54, 1.807) is 4.90 Å². The minimum atomic E-state index is -0.476. The Balaban J connectivity index is 2.66. The molecule has 90 valence electrons. The predicted molar refractivity (Wildman–Crippen MR) is 60.7 cm³/mol. The van der Waals surface area contributed by atoms with Gasteiger partial charge in [0.25, 0.3) is 0 Å². The fourth-order valence-corrected chi connectivity index (χ4v) is 1.89. The zero-order chi connectivity index (χ0) is 12.3. The summed E-state index contributed by atoms with van der Waals surface area (Å²) in [5.41, 5.74) is -0.476. The minimum absolute atomic E-state index is 0.0476. The van der Waals surface area contributed by atoms with Crippen LogP contribution in [-0.4, -0.2) is 29.2 Å². The highest BCUT2D eigenvalue weighted by Gasteiger charge is 2.33. The Kier molecular flexibility index (Phi) is 3.79. The van der Waals surface area contributed by atoms with Gasteiger partial charge in [0.2, 0.25) is 0 Å². The molecule has 1 fully saturated rings. The first kappa shape index (κ1) is 12.8. The van der Waals surface area contributed by atoms with Crippen LogP contribution in [0.4, 0.5) is 4.79 Å². The van der Waals surface area contributed by atoms with Crippen molar-refractivity contribution in [2.75, 3.05) is 6.54 Å². The number of likely N-dealkylation sites (tertiary alicyclic amines) is 1. The number of amides is 1. The summed E-state index contributed by atoms with van der Waals surface area (Å²) >= 11 is 0. The molecule has 0 aliphatic carbocycles. The van der Waals surface area contributed by atoms with Crippen LogP contribution in [0.25, 0.3) is 0 Å². The Morgan fingerprint density at radius 2 is 2.12 bits per heavy atom. The van der Waals surface area contributed by atoms with E-state index in [9.17, 15) is 4.79 Å². The fourth-order valence-electron chi connectivity index (χ4n) is 1.89. The third kappa shape index (κ3) is 3.13. The van der Waals surface area contributed by atoms with Gasteiger partial charge >= 0.3 is 6.09 Å². The Morgan fingerprint density at radius 1 is 1.50 bits per heavy atom. The molecule has 1 amide bonds. The molecule has 4 nitrogen and oxygen atoms in total. The molecule has 0 aromatic rings. The zero-order valence-electron chi connectivity index (χ0n) is 10.5. The average molecular weight is 224 g/mol. The van der Waals surface area contributed by atoms with Gasteiger partial charge in [0.05, 0.1) is 12.0 Å². The third-order valence-electron chi connectivity index (χ3n) is 2.78. The van der Waals surface area contributed by atoms with Gasteiger partial charge in [0.15, 0.2) is 0 Å². The standard InChI is InChI=1S/C12H20N2O2/c1-9-10(8-13)6-5-7-14(9)11(15)16-12(2,3)4/h9-10H,5-7H2,1-4H3/t9-,10+/m1/s1.